The van der Waals surface area contributed by atoms with Crippen LogP contribution in [0.4, 0.5) is 17.1 Å². The van der Waals surface area contributed by atoms with Crippen LogP contribution >= 0.6 is 0 Å². The molecule has 0 aliphatic carbocycles. The topological polar surface area (TPSA) is 16.4 Å². The summed E-state index contributed by atoms with van der Waals surface area (Å²) in [7, 11) is 0. The summed E-state index contributed by atoms with van der Waals surface area (Å²) in [6.07, 6.45) is 0. The maximum Gasteiger partial charge on any atom is 0.137 e. The molecule has 0 unspecified atom stereocenters. The van der Waals surface area contributed by atoms with Crippen LogP contribution in [0, 0.1) is 0 Å². The molecular formula is C58H39NO. The van der Waals surface area contributed by atoms with Crippen molar-refractivity contribution in [3.8, 4) is 55.6 Å². The third-order valence-electron chi connectivity index (χ3n) is 11.7. The Hall–Kier alpha value is -7.94. The zero-order valence-electron chi connectivity index (χ0n) is 32.9. The minimum Gasteiger partial charge on any atom is -0.456 e. The molecule has 0 fully saturated rings. The van der Waals surface area contributed by atoms with E-state index in [1.54, 1.807) is 0 Å². The first-order valence-electron chi connectivity index (χ1n) is 20.5. The van der Waals surface area contributed by atoms with Gasteiger partial charge >= 0.3 is 0 Å². The van der Waals surface area contributed by atoms with Crippen LogP contribution in [0.3, 0.4) is 0 Å². The normalized spacial score (nSPS) is 11.3. The monoisotopic (exact) mass is 765 g/mol. The molecule has 0 N–H and O–H groups in total. The van der Waals surface area contributed by atoms with Crippen LogP contribution < -0.4 is 4.90 Å². The molecule has 11 aromatic rings. The quantitative estimate of drug-likeness (QED) is 0.153. The van der Waals surface area contributed by atoms with Gasteiger partial charge in [-0.2, -0.15) is 0 Å². The van der Waals surface area contributed by atoms with Gasteiger partial charge in [-0.25, -0.2) is 0 Å². The summed E-state index contributed by atoms with van der Waals surface area (Å²) in [6, 6.07) is 84.8. The van der Waals surface area contributed by atoms with Gasteiger partial charge in [-0.15, -0.1) is 0 Å². The summed E-state index contributed by atoms with van der Waals surface area (Å²) in [6.45, 7) is 0. The predicted octanol–water partition coefficient (Wildman–Crippen LogP) is 16.5. The second-order valence-corrected chi connectivity index (χ2v) is 15.2. The number of para-hydroxylation sites is 1. The number of hydrogen-bond acceptors (Lipinski definition) is 2. The first-order valence-corrected chi connectivity index (χ1v) is 20.5. The van der Waals surface area contributed by atoms with Crippen LogP contribution in [0.5, 0.6) is 0 Å². The second kappa shape index (κ2) is 15.1. The Morgan fingerprint density at radius 3 is 1.45 bits per heavy atom. The average Bonchev–Trinajstić information content (AvgIpc) is 3.72. The highest BCUT2D eigenvalue weighted by atomic mass is 16.3. The summed E-state index contributed by atoms with van der Waals surface area (Å²) in [4.78, 5) is 2.39. The number of anilines is 3. The van der Waals surface area contributed by atoms with Crippen molar-refractivity contribution in [2.75, 3.05) is 4.90 Å². The fraction of sp³-hybridized carbons (Fsp3) is 0. The molecule has 10 aromatic carbocycles. The molecule has 0 saturated carbocycles. The Kier molecular flexibility index (Phi) is 8.87. The molecule has 282 valence electrons. The van der Waals surface area contributed by atoms with E-state index >= 15 is 0 Å². The lowest BCUT2D eigenvalue weighted by Crippen LogP contribution is -2.10. The Morgan fingerprint density at radius 1 is 0.283 bits per heavy atom. The van der Waals surface area contributed by atoms with Crippen LogP contribution in [-0.2, 0) is 0 Å². The van der Waals surface area contributed by atoms with Gasteiger partial charge in [0.25, 0.3) is 0 Å². The number of hydrogen-bond donors (Lipinski definition) is 0. The van der Waals surface area contributed by atoms with Crippen LogP contribution in [0.1, 0.15) is 0 Å². The summed E-state index contributed by atoms with van der Waals surface area (Å²) in [5, 5.41) is 4.64. The van der Waals surface area contributed by atoms with E-state index in [0.29, 0.717) is 0 Å². The van der Waals surface area contributed by atoms with Gasteiger partial charge in [-0.05, 0) is 109 Å². The highest BCUT2D eigenvalue weighted by Gasteiger charge is 2.21. The van der Waals surface area contributed by atoms with Crippen LogP contribution in [0.15, 0.2) is 241 Å². The molecule has 60 heavy (non-hydrogen) atoms. The zero-order valence-corrected chi connectivity index (χ0v) is 32.9. The standard InChI is InChI=1S/C58H39NO/c1-3-17-40(18-4-1)47-25-7-9-27-51(47)52-28-10-8-26-48(52)42-35-37-45(38-36-42)59(54-32-16-34-56-58(54)53-29-11-12-33-55(53)60-56)46-24-13-23-44(39-46)50-31-15-22-43-21-14-30-49(57(43)50)41-19-5-2-6-20-41/h1-39H. The van der Waals surface area contributed by atoms with Gasteiger partial charge in [0.15, 0.2) is 0 Å². The number of nitrogens with zero attached hydrogens (tertiary/aromatic N) is 1. The second-order valence-electron chi connectivity index (χ2n) is 15.2. The third-order valence-corrected chi connectivity index (χ3v) is 11.7. The Morgan fingerprint density at radius 2 is 0.767 bits per heavy atom. The molecular weight excluding hydrogens is 727 g/mol. The molecule has 1 heterocycles. The lowest BCUT2D eigenvalue weighted by molar-refractivity contribution is 0.669. The summed E-state index contributed by atoms with van der Waals surface area (Å²) in [5.41, 5.74) is 16.9. The summed E-state index contributed by atoms with van der Waals surface area (Å²) < 4.78 is 6.46. The van der Waals surface area contributed by atoms with Gasteiger partial charge in [0.1, 0.15) is 11.2 Å². The molecule has 0 bridgehead atoms. The van der Waals surface area contributed by atoms with E-state index in [4.69, 9.17) is 4.42 Å². The van der Waals surface area contributed by atoms with Gasteiger partial charge in [0.2, 0.25) is 0 Å². The predicted molar refractivity (Wildman–Crippen MR) is 253 cm³/mol. The van der Waals surface area contributed by atoms with Gasteiger partial charge in [-0.1, -0.05) is 194 Å². The highest BCUT2D eigenvalue weighted by Crippen LogP contribution is 2.46. The maximum absolute atomic E-state index is 6.46. The molecule has 0 atom stereocenters. The zero-order chi connectivity index (χ0) is 39.8. The molecule has 0 aliphatic heterocycles. The molecule has 0 amide bonds. The van der Waals surface area contributed by atoms with Crippen molar-refractivity contribution in [3.05, 3.63) is 237 Å². The Bertz CT molecular complexity index is 3300. The minimum absolute atomic E-state index is 0.860. The fourth-order valence-corrected chi connectivity index (χ4v) is 8.97. The summed E-state index contributed by atoms with van der Waals surface area (Å²) >= 11 is 0. The van der Waals surface area contributed by atoms with Crippen molar-refractivity contribution in [2.45, 2.75) is 0 Å². The molecule has 1 aromatic heterocycles. The van der Waals surface area contributed by atoms with Crippen molar-refractivity contribution in [1.82, 2.24) is 0 Å². The largest absolute Gasteiger partial charge is 0.456 e. The Labute approximate surface area is 349 Å². The maximum atomic E-state index is 6.46. The van der Waals surface area contributed by atoms with E-state index in [9.17, 15) is 0 Å². The van der Waals surface area contributed by atoms with Crippen LogP contribution in [-0.4, -0.2) is 0 Å². The van der Waals surface area contributed by atoms with E-state index in [1.165, 1.54) is 55.3 Å². The Balaban J connectivity index is 1.08. The van der Waals surface area contributed by atoms with E-state index in [1.807, 2.05) is 6.07 Å². The van der Waals surface area contributed by atoms with Crippen molar-refractivity contribution in [1.29, 1.82) is 0 Å². The van der Waals surface area contributed by atoms with Crippen molar-refractivity contribution in [2.24, 2.45) is 0 Å². The van der Waals surface area contributed by atoms with E-state index in [-0.39, 0.29) is 0 Å². The third kappa shape index (κ3) is 6.23. The first-order chi connectivity index (χ1) is 29.8. The SMILES string of the molecule is c1ccc(-c2ccccc2-c2ccccc2-c2ccc(N(c3cccc(-c4cccc5cccc(-c6ccccc6)c45)c3)c3cccc4oc5ccccc5c34)cc2)cc1. The molecule has 0 spiro atoms. The lowest BCUT2D eigenvalue weighted by atomic mass is 9.89. The number of fused-ring (bicyclic) bond motifs is 4. The fourth-order valence-electron chi connectivity index (χ4n) is 8.97. The number of furan rings is 1. The first kappa shape index (κ1) is 35.2. The van der Waals surface area contributed by atoms with E-state index in [0.717, 1.165) is 50.1 Å². The van der Waals surface area contributed by atoms with Crippen molar-refractivity contribution < 1.29 is 4.42 Å². The van der Waals surface area contributed by atoms with Crippen molar-refractivity contribution in [3.63, 3.8) is 0 Å². The molecule has 0 radical (unpaired) electrons. The van der Waals surface area contributed by atoms with Crippen molar-refractivity contribution >= 4 is 49.8 Å². The van der Waals surface area contributed by atoms with Gasteiger partial charge in [0, 0.05) is 16.8 Å². The van der Waals surface area contributed by atoms with Crippen LogP contribution in [0.2, 0.25) is 0 Å². The number of benzene rings is 10. The molecule has 11 rings (SSSR count). The molecule has 0 saturated heterocycles. The van der Waals surface area contributed by atoms with Gasteiger partial charge in [0.05, 0.1) is 11.1 Å². The van der Waals surface area contributed by atoms with E-state index < -0.39 is 0 Å². The molecule has 2 nitrogen and oxygen atoms in total. The van der Waals surface area contributed by atoms with Gasteiger partial charge in [-0.3, -0.25) is 0 Å². The molecule has 0 aliphatic rings. The van der Waals surface area contributed by atoms with E-state index in [2.05, 4.69) is 235 Å². The molecule has 2 heteroatoms. The van der Waals surface area contributed by atoms with Crippen LogP contribution in [0.25, 0.3) is 88.3 Å². The highest BCUT2D eigenvalue weighted by molar-refractivity contribution is 6.14. The smallest absolute Gasteiger partial charge is 0.137 e. The average molecular weight is 766 g/mol. The number of rotatable bonds is 8. The minimum atomic E-state index is 0.860. The van der Waals surface area contributed by atoms with Gasteiger partial charge < -0.3 is 9.32 Å². The lowest BCUT2D eigenvalue weighted by Gasteiger charge is -2.27. The summed E-state index contributed by atoms with van der Waals surface area (Å²) in [5.74, 6) is 0.